The highest BCUT2D eigenvalue weighted by molar-refractivity contribution is 5.85. The lowest BCUT2D eigenvalue weighted by molar-refractivity contribution is -0.169. The standard InChI is InChI=1S/C9H9F3N2O/c10-9(11,12)8(15)6-13-5-7-3-1-2-4-14-7/h1-4,13H,5-6H2. The van der Waals surface area contributed by atoms with E-state index >= 15 is 0 Å². The lowest BCUT2D eigenvalue weighted by Crippen LogP contribution is -2.33. The van der Waals surface area contributed by atoms with E-state index in [1.165, 1.54) is 6.20 Å². The number of ketones is 1. The van der Waals surface area contributed by atoms with E-state index in [0.29, 0.717) is 5.69 Å². The average molecular weight is 218 g/mol. The number of halogens is 3. The molecule has 0 atom stereocenters. The highest BCUT2D eigenvalue weighted by Gasteiger charge is 2.37. The second-order valence-corrected chi connectivity index (χ2v) is 2.85. The van der Waals surface area contributed by atoms with Gasteiger partial charge in [-0.2, -0.15) is 13.2 Å². The summed E-state index contributed by atoms with van der Waals surface area (Å²) < 4.78 is 35.3. The second kappa shape index (κ2) is 4.88. The number of Topliss-reactive ketones (excluding diaryl/α,β-unsaturated/α-hetero) is 1. The first-order valence-electron chi connectivity index (χ1n) is 4.21. The molecule has 0 radical (unpaired) electrons. The van der Waals surface area contributed by atoms with Crippen LogP contribution in [0.5, 0.6) is 0 Å². The Morgan fingerprint density at radius 1 is 1.40 bits per heavy atom. The van der Waals surface area contributed by atoms with Crippen molar-refractivity contribution in [3.8, 4) is 0 Å². The van der Waals surface area contributed by atoms with Gasteiger partial charge in [-0.1, -0.05) is 6.07 Å². The molecule has 1 heterocycles. The molecule has 0 saturated carbocycles. The molecular weight excluding hydrogens is 209 g/mol. The first-order chi connectivity index (χ1) is 7.00. The number of hydrogen-bond donors (Lipinski definition) is 1. The number of hydrogen-bond acceptors (Lipinski definition) is 3. The maximum Gasteiger partial charge on any atom is 0.451 e. The Bertz CT molecular complexity index is 324. The third kappa shape index (κ3) is 4.07. The van der Waals surface area contributed by atoms with Crippen LogP contribution >= 0.6 is 0 Å². The van der Waals surface area contributed by atoms with Crippen molar-refractivity contribution in [1.82, 2.24) is 10.3 Å². The van der Waals surface area contributed by atoms with Crippen LogP contribution < -0.4 is 5.32 Å². The molecule has 0 fully saturated rings. The van der Waals surface area contributed by atoms with Crippen LogP contribution in [0.4, 0.5) is 13.2 Å². The average Bonchev–Trinajstić information content (AvgIpc) is 2.18. The zero-order valence-corrected chi connectivity index (χ0v) is 7.71. The molecular formula is C9H9F3N2O. The summed E-state index contributed by atoms with van der Waals surface area (Å²) in [6, 6.07) is 5.07. The molecule has 0 bridgehead atoms. The van der Waals surface area contributed by atoms with Gasteiger partial charge in [0.05, 0.1) is 12.2 Å². The van der Waals surface area contributed by atoms with Crippen molar-refractivity contribution < 1.29 is 18.0 Å². The van der Waals surface area contributed by atoms with Crippen LogP contribution in [0.25, 0.3) is 0 Å². The Morgan fingerprint density at radius 3 is 2.67 bits per heavy atom. The molecule has 0 unspecified atom stereocenters. The van der Waals surface area contributed by atoms with Gasteiger partial charge < -0.3 is 5.32 Å². The molecule has 6 heteroatoms. The fraction of sp³-hybridized carbons (Fsp3) is 0.333. The molecule has 0 aromatic carbocycles. The third-order valence-corrected chi connectivity index (χ3v) is 1.63. The SMILES string of the molecule is O=C(CNCc1ccccn1)C(F)(F)F. The summed E-state index contributed by atoms with van der Waals surface area (Å²) in [6.07, 6.45) is -3.24. The van der Waals surface area contributed by atoms with Crippen molar-refractivity contribution in [3.05, 3.63) is 30.1 Å². The minimum atomic E-state index is -4.77. The number of aromatic nitrogens is 1. The van der Waals surface area contributed by atoms with E-state index in [2.05, 4.69) is 10.3 Å². The van der Waals surface area contributed by atoms with Gasteiger partial charge in [-0.15, -0.1) is 0 Å². The lowest BCUT2D eigenvalue weighted by Gasteiger charge is -2.06. The van der Waals surface area contributed by atoms with Gasteiger partial charge in [0.2, 0.25) is 5.78 Å². The van der Waals surface area contributed by atoms with E-state index in [-0.39, 0.29) is 6.54 Å². The smallest absolute Gasteiger partial charge is 0.304 e. The van der Waals surface area contributed by atoms with Crippen molar-refractivity contribution in [2.24, 2.45) is 0 Å². The molecule has 1 aromatic heterocycles. The van der Waals surface area contributed by atoms with Crippen molar-refractivity contribution in [2.75, 3.05) is 6.54 Å². The molecule has 0 aliphatic rings. The summed E-state index contributed by atoms with van der Waals surface area (Å²) in [6.45, 7) is -0.581. The summed E-state index contributed by atoms with van der Waals surface area (Å²) in [4.78, 5) is 14.3. The summed E-state index contributed by atoms with van der Waals surface area (Å²) in [5.41, 5.74) is 0.590. The van der Waals surface area contributed by atoms with Crippen LogP contribution in [-0.2, 0) is 11.3 Å². The topological polar surface area (TPSA) is 42.0 Å². The predicted octanol–water partition coefficient (Wildman–Crippen LogP) is 1.30. The largest absolute Gasteiger partial charge is 0.451 e. The molecule has 1 N–H and O–H groups in total. The zero-order valence-electron chi connectivity index (χ0n) is 7.71. The van der Waals surface area contributed by atoms with Gasteiger partial charge in [-0.05, 0) is 12.1 Å². The minimum absolute atomic E-state index is 0.142. The molecule has 3 nitrogen and oxygen atoms in total. The highest BCUT2D eigenvalue weighted by atomic mass is 19.4. The van der Waals surface area contributed by atoms with E-state index in [1.54, 1.807) is 18.2 Å². The number of carbonyl (C=O) groups is 1. The molecule has 15 heavy (non-hydrogen) atoms. The van der Waals surface area contributed by atoms with E-state index in [4.69, 9.17) is 0 Å². The minimum Gasteiger partial charge on any atom is -0.304 e. The Hall–Kier alpha value is -1.43. The monoisotopic (exact) mass is 218 g/mol. The summed E-state index contributed by atoms with van der Waals surface area (Å²) in [5.74, 6) is -1.78. The van der Waals surface area contributed by atoms with Crippen molar-refractivity contribution in [2.45, 2.75) is 12.7 Å². The van der Waals surface area contributed by atoms with Gasteiger partial charge in [0.25, 0.3) is 0 Å². The molecule has 82 valence electrons. The third-order valence-electron chi connectivity index (χ3n) is 1.63. The normalized spacial score (nSPS) is 11.4. The van der Waals surface area contributed by atoms with Crippen LogP contribution in [0.1, 0.15) is 5.69 Å². The van der Waals surface area contributed by atoms with E-state index in [1.807, 2.05) is 0 Å². The molecule has 1 rings (SSSR count). The maximum atomic E-state index is 11.8. The summed E-state index contributed by atoms with van der Waals surface area (Å²) in [5, 5.41) is 2.38. The van der Waals surface area contributed by atoms with E-state index in [9.17, 15) is 18.0 Å². The predicted molar refractivity (Wildman–Crippen MR) is 47.0 cm³/mol. The maximum absolute atomic E-state index is 11.8. The molecule has 0 saturated heterocycles. The van der Waals surface area contributed by atoms with Gasteiger partial charge in [-0.3, -0.25) is 9.78 Å². The summed E-state index contributed by atoms with van der Waals surface area (Å²) >= 11 is 0. The quantitative estimate of drug-likeness (QED) is 0.828. The Labute approximate surface area is 84.3 Å². The number of pyridine rings is 1. The molecule has 1 aromatic rings. The first-order valence-corrected chi connectivity index (χ1v) is 4.21. The number of rotatable bonds is 4. The van der Waals surface area contributed by atoms with Crippen LogP contribution in [0.3, 0.4) is 0 Å². The molecule has 0 aliphatic carbocycles. The molecule has 0 amide bonds. The van der Waals surface area contributed by atoms with Crippen molar-refractivity contribution >= 4 is 5.78 Å². The van der Waals surface area contributed by atoms with Crippen molar-refractivity contribution in [1.29, 1.82) is 0 Å². The Balaban J connectivity index is 2.32. The van der Waals surface area contributed by atoms with E-state index < -0.39 is 18.5 Å². The van der Waals surface area contributed by atoms with Gasteiger partial charge in [0.1, 0.15) is 0 Å². The van der Waals surface area contributed by atoms with Gasteiger partial charge in [0.15, 0.2) is 0 Å². The molecule has 0 spiro atoms. The van der Waals surface area contributed by atoms with Gasteiger partial charge in [-0.25, -0.2) is 0 Å². The number of nitrogens with zero attached hydrogens (tertiary/aromatic N) is 1. The number of carbonyl (C=O) groups excluding carboxylic acids is 1. The Morgan fingerprint density at radius 2 is 2.13 bits per heavy atom. The highest BCUT2D eigenvalue weighted by Crippen LogP contribution is 2.14. The van der Waals surface area contributed by atoms with Crippen LogP contribution in [0.2, 0.25) is 0 Å². The number of alkyl halides is 3. The summed E-state index contributed by atoms with van der Waals surface area (Å²) in [7, 11) is 0. The van der Waals surface area contributed by atoms with E-state index in [0.717, 1.165) is 0 Å². The van der Waals surface area contributed by atoms with Gasteiger partial charge in [0, 0.05) is 12.7 Å². The zero-order chi connectivity index (χ0) is 11.3. The Kier molecular flexibility index (Phi) is 3.79. The second-order valence-electron chi connectivity index (χ2n) is 2.85. The van der Waals surface area contributed by atoms with Crippen molar-refractivity contribution in [3.63, 3.8) is 0 Å². The van der Waals surface area contributed by atoms with Crippen LogP contribution in [0, 0.1) is 0 Å². The lowest BCUT2D eigenvalue weighted by atomic mass is 10.3. The van der Waals surface area contributed by atoms with Gasteiger partial charge >= 0.3 is 6.18 Å². The fourth-order valence-electron chi connectivity index (χ4n) is 0.907. The first kappa shape index (κ1) is 11.6. The number of nitrogens with one attached hydrogen (secondary N) is 1. The molecule has 0 aliphatic heterocycles. The van der Waals surface area contributed by atoms with Crippen LogP contribution in [0.15, 0.2) is 24.4 Å². The fourth-order valence-corrected chi connectivity index (χ4v) is 0.907. The van der Waals surface area contributed by atoms with Crippen LogP contribution in [-0.4, -0.2) is 23.5 Å².